The SMILES string of the molecule is COC(=O)c1ccc2c[nH]c(=O)cc2c1. The summed E-state index contributed by atoms with van der Waals surface area (Å²) in [7, 11) is 1.32. The van der Waals surface area contributed by atoms with Crippen molar-refractivity contribution in [1.29, 1.82) is 0 Å². The maximum absolute atomic E-state index is 11.2. The van der Waals surface area contributed by atoms with Gasteiger partial charge in [-0.05, 0) is 22.9 Å². The maximum atomic E-state index is 11.2. The molecule has 2 rings (SSSR count). The minimum Gasteiger partial charge on any atom is -0.465 e. The summed E-state index contributed by atoms with van der Waals surface area (Å²) in [5.41, 5.74) is 0.250. The lowest BCUT2D eigenvalue weighted by Gasteiger charge is -2.00. The number of aromatic nitrogens is 1. The first-order valence-electron chi connectivity index (χ1n) is 4.41. The third kappa shape index (κ3) is 1.74. The van der Waals surface area contributed by atoms with E-state index in [-0.39, 0.29) is 5.56 Å². The Morgan fingerprint density at radius 1 is 1.27 bits per heavy atom. The van der Waals surface area contributed by atoms with Gasteiger partial charge < -0.3 is 9.72 Å². The van der Waals surface area contributed by atoms with E-state index in [1.807, 2.05) is 0 Å². The van der Waals surface area contributed by atoms with Gasteiger partial charge in [-0.1, -0.05) is 6.07 Å². The predicted molar refractivity (Wildman–Crippen MR) is 55.9 cm³/mol. The number of aromatic amines is 1. The molecular weight excluding hydrogens is 194 g/mol. The van der Waals surface area contributed by atoms with Crippen LogP contribution < -0.4 is 5.56 Å². The molecule has 15 heavy (non-hydrogen) atoms. The zero-order valence-electron chi connectivity index (χ0n) is 8.11. The smallest absolute Gasteiger partial charge is 0.337 e. The molecule has 4 heteroatoms. The topological polar surface area (TPSA) is 59.2 Å². The van der Waals surface area contributed by atoms with Crippen molar-refractivity contribution >= 4 is 16.7 Å². The minimum atomic E-state index is -0.405. The van der Waals surface area contributed by atoms with Crippen LogP contribution in [0.4, 0.5) is 0 Å². The van der Waals surface area contributed by atoms with Gasteiger partial charge in [0.2, 0.25) is 5.56 Å². The van der Waals surface area contributed by atoms with Gasteiger partial charge in [0, 0.05) is 12.3 Å². The van der Waals surface area contributed by atoms with Crippen LogP contribution in [-0.2, 0) is 4.74 Å². The van der Waals surface area contributed by atoms with Gasteiger partial charge >= 0.3 is 5.97 Å². The number of hydrogen-bond acceptors (Lipinski definition) is 3. The fraction of sp³-hybridized carbons (Fsp3) is 0.0909. The van der Waals surface area contributed by atoms with Crippen molar-refractivity contribution < 1.29 is 9.53 Å². The van der Waals surface area contributed by atoms with Crippen molar-refractivity contribution in [3.05, 3.63) is 46.4 Å². The number of ether oxygens (including phenoxy) is 1. The van der Waals surface area contributed by atoms with Crippen LogP contribution in [0.3, 0.4) is 0 Å². The highest BCUT2D eigenvalue weighted by atomic mass is 16.5. The van der Waals surface area contributed by atoms with Gasteiger partial charge in [-0.2, -0.15) is 0 Å². The lowest BCUT2D eigenvalue weighted by Crippen LogP contribution is -2.04. The van der Waals surface area contributed by atoms with E-state index >= 15 is 0 Å². The van der Waals surface area contributed by atoms with Crippen molar-refractivity contribution in [1.82, 2.24) is 4.98 Å². The fourth-order valence-corrected chi connectivity index (χ4v) is 1.41. The molecule has 1 N–H and O–H groups in total. The van der Waals surface area contributed by atoms with Gasteiger partial charge in [0.1, 0.15) is 0 Å². The van der Waals surface area contributed by atoms with E-state index in [9.17, 15) is 9.59 Å². The average molecular weight is 203 g/mol. The Bertz CT molecular complexity index is 571. The molecule has 0 fully saturated rings. The summed E-state index contributed by atoms with van der Waals surface area (Å²) >= 11 is 0. The molecule has 0 aliphatic carbocycles. The molecule has 0 saturated carbocycles. The predicted octanol–water partition coefficient (Wildman–Crippen LogP) is 1.31. The van der Waals surface area contributed by atoms with Gasteiger partial charge in [0.05, 0.1) is 12.7 Å². The first-order valence-corrected chi connectivity index (χ1v) is 4.41. The molecule has 1 aromatic carbocycles. The van der Waals surface area contributed by atoms with E-state index in [0.29, 0.717) is 5.56 Å². The van der Waals surface area contributed by atoms with Crippen LogP contribution in [-0.4, -0.2) is 18.1 Å². The summed E-state index contributed by atoms with van der Waals surface area (Å²) in [5, 5.41) is 1.60. The van der Waals surface area contributed by atoms with E-state index in [1.165, 1.54) is 13.2 Å². The molecule has 0 bridgehead atoms. The van der Waals surface area contributed by atoms with E-state index in [0.717, 1.165) is 10.8 Å². The Morgan fingerprint density at radius 2 is 2.07 bits per heavy atom. The van der Waals surface area contributed by atoms with Crippen molar-refractivity contribution in [2.75, 3.05) is 7.11 Å². The van der Waals surface area contributed by atoms with Crippen molar-refractivity contribution in [3.8, 4) is 0 Å². The first kappa shape index (κ1) is 9.45. The van der Waals surface area contributed by atoms with Crippen LogP contribution in [0.1, 0.15) is 10.4 Å². The second kappa shape index (κ2) is 3.57. The molecule has 0 aliphatic rings. The molecule has 0 saturated heterocycles. The van der Waals surface area contributed by atoms with Gasteiger partial charge in [0.15, 0.2) is 0 Å². The number of H-pyrrole nitrogens is 1. The Balaban J connectivity index is 2.64. The third-order valence-corrected chi connectivity index (χ3v) is 2.16. The molecule has 0 radical (unpaired) electrons. The molecule has 0 unspecified atom stereocenters. The molecule has 0 amide bonds. The lowest BCUT2D eigenvalue weighted by molar-refractivity contribution is 0.0601. The molecule has 0 spiro atoms. The highest BCUT2D eigenvalue weighted by Gasteiger charge is 2.05. The molecule has 1 aromatic heterocycles. The molecule has 76 valence electrons. The average Bonchev–Trinajstić information content (AvgIpc) is 2.27. The number of methoxy groups -OCH3 is 1. The Hall–Kier alpha value is -2.10. The maximum Gasteiger partial charge on any atom is 0.337 e. The first-order chi connectivity index (χ1) is 7.20. The largest absolute Gasteiger partial charge is 0.465 e. The number of esters is 1. The second-order valence-electron chi connectivity index (χ2n) is 3.13. The fourth-order valence-electron chi connectivity index (χ4n) is 1.41. The van der Waals surface area contributed by atoms with Gasteiger partial charge in [-0.3, -0.25) is 4.79 Å². The second-order valence-corrected chi connectivity index (χ2v) is 3.13. The van der Waals surface area contributed by atoms with Crippen LogP contribution in [0.25, 0.3) is 10.8 Å². The lowest BCUT2D eigenvalue weighted by atomic mass is 10.1. The zero-order chi connectivity index (χ0) is 10.8. The van der Waals surface area contributed by atoms with Crippen LogP contribution in [0.2, 0.25) is 0 Å². The van der Waals surface area contributed by atoms with Gasteiger partial charge in [-0.15, -0.1) is 0 Å². The number of pyridine rings is 1. The zero-order valence-corrected chi connectivity index (χ0v) is 8.11. The summed E-state index contributed by atoms with van der Waals surface area (Å²) in [5.74, 6) is -0.405. The van der Waals surface area contributed by atoms with Crippen LogP contribution >= 0.6 is 0 Å². The summed E-state index contributed by atoms with van der Waals surface area (Å²) in [6.45, 7) is 0. The molecular formula is C11H9NO3. The van der Waals surface area contributed by atoms with Crippen LogP contribution in [0.5, 0.6) is 0 Å². The third-order valence-electron chi connectivity index (χ3n) is 2.16. The number of carbonyl (C=O) groups excluding carboxylic acids is 1. The van der Waals surface area contributed by atoms with Gasteiger partial charge in [0.25, 0.3) is 0 Å². The summed E-state index contributed by atoms with van der Waals surface area (Å²) in [4.78, 5) is 24.9. The monoisotopic (exact) mass is 203 g/mol. The Kier molecular flexibility index (Phi) is 2.25. The number of benzene rings is 1. The minimum absolute atomic E-state index is 0.190. The Labute approximate surface area is 85.5 Å². The standard InChI is InChI=1S/C11H9NO3/c1-15-11(14)7-2-3-8-6-12-10(13)5-9(8)4-7/h2-6H,1H3,(H,12,13). The van der Waals surface area contributed by atoms with Gasteiger partial charge in [-0.25, -0.2) is 4.79 Å². The van der Waals surface area contributed by atoms with Crippen molar-refractivity contribution in [2.24, 2.45) is 0 Å². The Morgan fingerprint density at radius 3 is 2.80 bits per heavy atom. The van der Waals surface area contributed by atoms with Crippen molar-refractivity contribution in [3.63, 3.8) is 0 Å². The molecule has 1 heterocycles. The molecule has 0 atom stereocenters. The van der Waals surface area contributed by atoms with Crippen LogP contribution in [0.15, 0.2) is 35.3 Å². The number of fused-ring (bicyclic) bond motifs is 1. The number of rotatable bonds is 1. The highest BCUT2D eigenvalue weighted by Crippen LogP contribution is 2.13. The number of hydrogen-bond donors (Lipinski definition) is 1. The molecule has 4 nitrogen and oxygen atoms in total. The van der Waals surface area contributed by atoms with E-state index in [2.05, 4.69) is 9.72 Å². The molecule has 2 aromatic rings. The number of nitrogens with one attached hydrogen (secondary N) is 1. The normalized spacial score (nSPS) is 10.2. The highest BCUT2D eigenvalue weighted by molar-refractivity contribution is 5.95. The number of carbonyl (C=O) groups is 1. The summed E-state index contributed by atoms with van der Waals surface area (Å²) in [6.07, 6.45) is 1.61. The van der Waals surface area contributed by atoms with Crippen LogP contribution in [0, 0.1) is 0 Å². The quantitative estimate of drug-likeness (QED) is 0.711. The summed E-state index contributed by atoms with van der Waals surface area (Å²) < 4.78 is 4.59. The van der Waals surface area contributed by atoms with E-state index in [4.69, 9.17) is 0 Å². The molecule has 0 aliphatic heterocycles. The van der Waals surface area contributed by atoms with E-state index < -0.39 is 5.97 Å². The summed E-state index contributed by atoms with van der Waals surface area (Å²) in [6, 6.07) is 6.50. The van der Waals surface area contributed by atoms with Crippen molar-refractivity contribution in [2.45, 2.75) is 0 Å². The van der Waals surface area contributed by atoms with E-state index in [1.54, 1.807) is 24.4 Å².